The second kappa shape index (κ2) is 9.11. The van der Waals surface area contributed by atoms with Crippen molar-refractivity contribution in [3.8, 4) is 17.2 Å². The van der Waals surface area contributed by atoms with Gasteiger partial charge in [-0.15, -0.1) is 0 Å². The summed E-state index contributed by atoms with van der Waals surface area (Å²) in [7, 11) is 2.91. The van der Waals surface area contributed by atoms with Crippen LogP contribution in [0.1, 0.15) is 40.1 Å². The minimum atomic E-state index is -1.39. The summed E-state index contributed by atoms with van der Waals surface area (Å²) in [6.45, 7) is 1.59. The highest BCUT2D eigenvalue weighted by Crippen LogP contribution is 2.40. The molecule has 9 heteroatoms. The van der Waals surface area contributed by atoms with Crippen LogP contribution in [0, 0.1) is 0 Å². The van der Waals surface area contributed by atoms with Gasteiger partial charge in [0, 0.05) is 17.5 Å². The first-order chi connectivity index (χ1) is 14.7. The Kier molecular flexibility index (Phi) is 6.71. The molecule has 2 aromatic carbocycles. The van der Waals surface area contributed by atoms with Gasteiger partial charge in [-0.1, -0.05) is 6.07 Å². The van der Waals surface area contributed by atoms with Crippen LogP contribution in [-0.4, -0.2) is 70.1 Å². The third-order valence-electron chi connectivity index (χ3n) is 5.48. The van der Waals surface area contributed by atoms with Crippen molar-refractivity contribution in [1.29, 1.82) is 0 Å². The first-order valence-electron chi connectivity index (χ1n) is 9.67. The Morgan fingerprint density at radius 1 is 1.00 bits per heavy atom. The molecule has 1 saturated heterocycles. The molecule has 5 atom stereocenters. The maximum absolute atomic E-state index is 11.3. The van der Waals surface area contributed by atoms with Crippen molar-refractivity contribution in [3.05, 3.63) is 52.6 Å². The van der Waals surface area contributed by atoms with Crippen LogP contribution in [0.5, 0.6) is 17.2 Å². The van der Waals surface area contributed by atoms with Gasteiger partial charge in [0.25, 0.3) is 0 Å². The monoisotopic (exact) mass is 434 g/mol. The van der Waals surface area contributed by atoms with Gasteiger partial charge < -0.3 is 39.7 Å². The van der Waals surface area contributed by atoms with E-state index in [4.69, 9.17) is 14.2 Å². The minimum Gasteiger partial charge on any atom is -0.507 e. The van der Waals surface area contributed by atoms with Gasteiger partial charge >= 0.3 is 5.97 Å². The van der Waals surface area contributed by atoms with E-state index in [1.54, 1.807) is 25.1 Å². The fourth-order valence-electron chi connectivity index (χ4n) is 3.74. The van der Waals surface area contributed by atoms with E-state index in [0.29, 0.717) is 28.2 Å². The lowest BCUT2D eigenvalue weighted by atomic mass is 9.90. The number of aromatic hydroxyl groups is 1. The van der Waals surface area contributed by atoms with Crippen LogP contribution in [0.25, 0.3) is 0 Å². The van der Waals surface area contributed by atoms with Gasteiger partial charge in [-0.25, -0.2) is 4.79 Å². The van der Waals surface area contributed by atoms with Crippen LogP contribution in [0.3, 0.4) is 0 Å². The van der Waals surface area contributed by atoms with Crippen molar-refractivity contribution in [1.82, 2.24) is 0 Å². The predicted octanol–water partition coefficient (Wildman–Crippen LogP) is 1.24. The number of rotatable bonds is 6. The maximum atomic E-state index is 11.3. The second-order valence-corrected chi connectivity index (χ2v) is 7.47. The van der Waals surface area contributed by atoms with Crippen LogP contribution >= 0.6 is 0 Å². The van der Waals surface area contributed by atoms with Gasteiger partial charge in [0.15, 0.2) is 0 Å². The quantitative estimate of drug-likeness (QED) is 0.453. The Balaban J connectivity index is 2.00. The molecule has 31 heavy (non-hydrogen) atoms. The van der Waals surface area contributed by atoms with Crippen molar-refractivity contribution in [3.63, 3.8) is 0 Å². The maximum Gasteiger partial charge on any atom is 0.339 e. The molecule has 0 aliphatic carbocycles. The fraction of sp³-hybridized carbons (Fsp3) is 0.409. The van der Waals surface area contributed by atoms with E-state index in [1.165, 1.54) is 26.4 Å². The fourth-order valence-corrected chi connectivity index (χ4v) is 3.74. The zero-order valence-corrected chi connectivity index (χ0v) is 17.3. The zero-order chi connectivity index (χ0) is 22.9. The molecule has 1 aliphatic heterocycles. The molecule has 0 radical (unpaired) electrons. The highest BCUT2D eigenvalue weighted by atomic mass is 16.5. The molecule has 0 amide bonds. The average Bonchev–Trinajstić information content (AvgIpc) is 2.75. The molecule has 1 fully saturated rings. The molecule has 168 valence electrons. The molecule has 9 nitrogen and oxygen atoms in total. The number of carboxylic acids is 1. The number of carboxylic acid groups (broad SMARTS) is 1. The van der Waals surface area contributed by atoms with Crippen molar-refractivity contribution < 1.29 is 44.5 Å². The van der Waals surface area contributed by atoms with E-state index in [-0.39, 0.29) is 17.7 Å². The molecule has 1 heterocycles. The van der Waals surface area contributed by atoms with Crippen LogP contribution in [0.2, 0.25) is 0 Å². The molecule has 5 N–H and O–H groups in total. The van der Waals surface area contributed by atoms with E-state index < -0.39 is 36.5 Å². The lowest BCUT2D eigenvalue weighted by molar-refractivity contribution is -0.219. The number of phenols is 1. The summed E-state index contributed by atoms with van der Waals surface area (Å²) in [5, 5.41) is 49.5. The SMILES string of the molecule is COc1cc([C@H]2O[C@@H](C)[C@@H](O)[C@@H](O)[C@@H]2O)c(OC)cc1Cc1ccc(O)c(C(=O)O)c1. The van der Waals surface area contributed by atoms with Gasteiger partial charge in [-0.3, -0.25) is 0 Å². The highest BCUT2D eigenvalue weighted by Gasteiger charge is 2.43. The molecule has 0 bridgehead atoms. The summed E-state index contributed by atoms with van der Waals surface area (Å²) < 4.78 is 16.7. The summed E-state index contributed by atoms with van der Waals surface area (Å²) in [5.41, 5.74) is 1.53. The van der Waals surface area contributed by atoms with Gasteiger partial charge in [0.1, 0.15) is 47.2 Å². The Morgan fingerprint density at radius 3 is 2.29 bits per heavy atom. The number of hydrogen-bond acceptors (Lipinski definition) is 8. The Labute approximate surface area is 179 Å². The third-order valence-corrected chi connectivity index (χ3v) is 5.48. The molecular weight excluding hydrogens is 408 g/mol. The van der Waals surface area contributed by atoms with E-state index in [0.717, 1.165) is 0 Å². The number of hydrogen-bond donors (Lipinski definition) is 5. The number of aromatic carboxylic acids is 1. The second-order valence-electron chi connectivity index (χ2n) is 7.47. The summed E-state index contributed by atoms with van der Waals surface area (Å²) in [6, 6.07) is 7.61. The number of aliphatic hydroxyl groups excluding tert-OH is 3. The number of aliphatic hydroxyl groups is 3. The van der Waals surface area contributed by atoms with Crippen LogP contribution in [0.4, 0.5) is 0 Å². The molecular formula is C22H26O9. The normalized spacial score (nSPS) is 25.8. The van der Waals surface area contributed by atoms with E-state index >= 15 is 0 Å². The predicted molar refractivity (Wildman–Crippen MR) is 109 cm³/mol. The van der Waals surface area contributed by atoms with Gasteiger partial charge in [-0.2, -0.15) is 0 Å². The lowest BCUT2D eigenvalue weighted by Gasteiger charge is -2.40. The standard InChI is InChI=1S/C22H26O9/c1-10-18(24)19(25)20(26)21(31-10)14-9-16(29-2)12(8-17(14)30-3)6-11-4-5-15(23)13(7-11)22(27)28/h4-5,7-10,18-21,23-26H,6H2,1-3H3,(H,27,28)/t10-,18+,19+,20-,21+/m0/s1. The average molecular weight is 434 g/mol. The number of methoxy groups -OCH3 is 2. The van der Waals surface area contributed by atoms with Gasteiger partial charge in [-0.05, 0) is 36.8 Å². The minimum absolute atomic E-state index is 0.208. The number of benzene rings is 2. The van der Waals surface area contributed by atoms with Crippen molar-refractivity contribution in [2.24, 2.45) is 0 Å². The van der Waals surface area contributed by atoms with Crippen LogP contribution in [0.15, 0.2) is 30.3 Å². The zero-order valence-electron chi connectivity index (χ0n) is 17.3. The van der Waals surface area contributed by atoms with Crippen molar-refractivity contribution in [2.75, 3.05) is 14.2 Å². The summed E-state index contributed by atoms with van der Waals surface area (Å²) in [4.78, 5) is 11.3. The number of ether oxygens (including phenoxy) is 3. The molecule has 0 saturated carbocycles. The molecule has 1 aliphatic rings. The topological polar surface area (TPSA) is 146 Å². The Bertz CT molecular complexity index is 958. The largest absolute Gasteiger partial charge is 0.507 e. The first kappa shape index (κ1) is 22.8. The Morgan fingerprint density at radius 2 is 1.68 bits per heavy atom. The van der Waals surface area contributed by atoms with E-state index in [9.17, 15) is 30.3 Å². The van der Waals surface area contributed by atoms with Crippen LogP contribution in [-0.2, 0) is 11.2 Å². The van der Waals surface area contributed by atoms with E-state index in [1.807, 2.05) is 0 Å². The lowest BCUT2D eigenvalue weighted by Crippen LogP contribution is -2.53. The molecule has 0 unspecified atom stereocenters. The number of carbonyl (C=O) groups is 1. The molecule has 0 spiro atoms. The van der Waals surface area contributed by atoms with Gasteiger partial charge in [0.2, 0.25) is 0 Å². The molecule has 3 rings (SSSR count). The smallest absolute Gasteiger partial charge is 0.339 e. The van der Waals surface area contributed by atoms with Crippen molar-refractivity contribution in [2.45, 2.75) is 43.9 Å². The molecule has 0 aromatic heterocycles. The summed E-state index contributed by atoms with van der Waals surface area (Å²) in [5.74, 6) is -0.760. The first-order valence-corrected chi connectivity index (χ1v) is 9.67. The van der Waals surface area contributed by atoms with Crippen molar-refractivity contribution >= 4 is 5.97 Å². The third kappa shape index (κ3) is 4.45. The van der Waals surface area contributed by atoms with Gasteiger partial charge in [0.05, 0.1) is 20.3 Å². The Hall–Kier alpha value is -2.85. The van der Waals surface area contributed by atoms with Crippen LogP contribution < -0.4 is 9.47 Å². The molecule has 2 aromatic rings. The highest BCUT2D eigenvalue weighted by molar-refractivity contribution is 5.91. The summed E-state index contributed by atoms with van der Waals surface area (Å²) >= 11 is 0. The summed E-state index contributed by atoms with van der Waals surface area (Å²) in [6.07, 6.45) is -5.40. The van der Waals surface area contributed by atoms with E-state index in [2.05, 4.69) is 0 Å².